The van der Waals surface area contributed by atoms with Crippen molar-refractivity contribution in [3.05, 3.63) is 12.3 Å². The lowest BCUT2D eigenvalue weighted by molar-refractivity contribution is 0.0000138. The first kappa shape index (κ1) is 21.4. The SMILES string of the molecule is C=C(CC(C)CC)NCCOCCOCCOCCOCC. The number of hydrogen-bond donors (Lipinski definition) is 1. The maximum atomic E-state index is 5.49. The second-order valence-corrected chi connectivity index (χ2v) is 5.28. The van der Waals surface area contributed by atoms with Gasteiger partial charge in [-0.3, -0.25) is 0 Å². The molecule has 0 saturated heterocycles. The predicted molar refractivity (Wildman–Crippen MR) is 90.2 cm³/mol. The van der Waals surface area contributed by atoms with E-state index in [4.69, 9.17) is 18.9 Å². The number of nitrogens with one attached hydrogen (secondary N) is 1. The van der Waals surface area contributed by atoms with E-state index in [0.29, 0.717) is 52.2 Å². The molecule has 0 radical (unpaired) electrons. The van der Waals surface area contributed by atoms with Crippen LogP contribution in [0.4, 0.5) is 0 Å². The van der Waals surface area contributed by atoms with E-state index < -0.39 is 0 Å². The molecule has 0 aliphatic carbocycles. The molecule has 0 fully saturated rings. The molecule has 0 spiro atoms. The summed E-state index contributed by atoms with van der Waals surface area (Å²) in [4.78, 5) is 0. The third-order valence-corrected chi connectivity index (χ3v) is 3.23. The molecule has 5 heteroatoms. The molecule has 0 aliphatic rings. The molecule has 1 atom stereocenters. The fourth-order valence-corrected chi connectivity index (χ4v) is 1.74. The first-order valence-corrected chi connectivity index (χ1v) is 8.43. The van der Waals surface area contributed by atoms with E-state index in [9.17, 15) is 0 Å². The van der Waals surface area contributed by atoms with Crippen LogP contribution in [-0.4, -0.2) is 59.4 Å². The van der Waals surface area contributed by atoms with Gasteiger partial charge in [0.1, 0.15) is 0 Å². The number of allylic oxidation sites excluding steroid dienone is 1. The minimum absolute atomic E-state index is 0.597. The van der Waals surface area contributed by atoms with Gasteiger partial charge in [-0.05, 0) is 19.3 Å². The second kappa shape index (κ2) is 16.7. The summed E-state index contributed by atoms with van der Waals surface area (Å²) in [5.74, 6) is 0.685. The van der Waals surface area contributed by atoms with Gasteiger partial charge in [0.15, 0.2) is 0 Å². The Morgan fingerprint density at radius 1 is 0.864 bits per heavy atom. The maximum Gasteiger partial charge on any atom is 0.0701 e. The molecule has 0 heterocycles. The zero-order valence-corrected chi connectivity index (χ0v) is 14.7. The molecule has 132 valence electrons. The van der Waals surface area contributed by atoms with Crippen LogP contribution in [0.2, 0.25) is 0 Å². The summed E-state index contributed by atoms with van der Waals surface area (Å²) in [6.45, 7) is 16.3. The number of rotatable bonds is 17. The largest absolute Gasteiger partial charge is 0.386 e. The van der Waals surface area contributed by atoms with Crippen molar-refractivity contribution < 1.29 is 18.9 Å². The summed E-state index contributed by atoms with van der Waals surface area (Å²) in [6.07, 6.45) is 2.22. The van der Waals surface area contributed by atoms with Crippen molar-refractivity contribution in [2.75, 3.05) is 59.4 Å². The quantitative estimate of drug-likeness (QED) is 0.418. The Balaban J connectivity index is 3.12. The van der Waals surface area contributed by atoms with Crippen molar-refractivity contribution in [2.45, 2.75) is 33.6 Å². The van der Waals surface area contributed by atoms with Gasteiger partial charge in [0.05, 0.1) is 46.2 Å². The van der Waals surface area contributed by atoms with Crippen molar-refractivity contribution in [1.29, 1.82) is 0 Å². The van der Waals surface area contributed by atoms with Gasteiger partial charge >= 0.3 is 0 Å². The van der Waals surface area contributed by atoms with Crippen LogP contribution in [0.1, 0.15) is 33.6 Å². The molecule has 22 heavy (non-hydrogen) atoms. The van der Waals surface area contributed by atoms with Crippen LogP contribution in [0.3, 0.4) is 0 Å². The molecule has 0 aromatic carbocycles. The lowest BCUT2D eigenvalue weighted by atomic mass is 10.0. The first-order valence-electron chi connectivity index (χ1n) is 8.43. The van der Waals surface area contributed by atoms with Crippen LogP contribution in [0.15, 0.2) is 12.3 Å². The van der Waals surface area contributed by atoms with E-state index in [1.165, 1.54) is 6.42 Å². The summed E-state index contributed by atoms with van der Waals surface area (Å²) < 4.78 is 21.4. The first-order chi connectivity index (χ1) is 10.7. The third kappa shape index (κ3) is 15.8. The normalized spacial score (nSPS) is 12.3. The zero-order chi connectivity index (χ0) is 16.5. The van der Waals surface area contributed by atoms with Crippen molar-refractivity contribution >= 4 is 0 Å². The topological polar surface area (TPSA) is 49.0 Å². The Hall–Kier alpha value is -0.620. The highest BCUT2D eigenvalue weighted by Gasteiger charge is 2.01. The van der Waals surface area contributed by atoms with Crippen molar-refractivity contribution in [2.24, 2.45) is 5.92 Å². The maximum absolute atomic E-state index is 5.49. The van der Waals surface area contributed by atoms with Gasteiger partial charge in [-0.25, -0.2) is 0 Å². The van der Waals surface area contributed by atoms with Crippen LogP contribution in [0.25, 0.3) is 0 Å². The van der Waals surface area contributed by atoms with Gasteiger partial charge in [0.25, 0.3) is 0 Å². The summed E-state index contributed by atoms with van der Waals surface area (Å²) in [7, 11) is 0. The monoisotopic (exact) mass is 317 g/mol. The fourth-order valence-electron chi connectivity index (χ4n) is 1.74. The van der Waals surface area contributed by atoms with Gasteiger partial charge in [-0.15, -0.1) is 0 Å². The summed E-state index contributed by atoms with van der Waals surface area (Å²) in [5, 5.41) is 3.29. The molecular weight excluding hydrogens is 282 g/mol. The number of hydrogen-bond acceptors (Lipinski definition) is 5. The van der Waals surface area contributed by atoms with Gasteiger partial charge in [0, 0.05) is 18.8 Å². The predicted octanol–water partition coefficient (Wildman–Crippen LogP) is 2.61. The van der Waals surface area contributed by atoms with Crippen molar-refractivity contribution in [1.82, 2.24) is 5.32 Å². The van der Waals surface area contributed by atoms with Crippen LogP contribution >= 0.6 is 0 Å². The van der Waals surface area contributed by atoms with Crippen molar-refractivity contribution in [3.8, 4) is 0 Å². The molecule has 0 aromatic rings. The molecule has 1 N–H and O–H groups in total. The average Bonchev–Trinajstić information content (AvgIpc) is 2.51. The molecule has 0 rings (SSSR count). The highest BCUT2D eigenvalue weighted by atomic mass is 16.6. The average molecular weight is 317 g/mol. The molecular formula is C17H35NO4. The highest BCUT2D eigenvalue weighted by molar-refractivity contribution is 4.91. The molecule has 1 unspecified atom stereocenters. The molecule has 5 nitrogen and oxygen atoms in total. The lowest BCUT2D eigenvalue weighted by Crippen LogP contribution is -2.21. The van der Waals surface area contributed by atoms with Gasteiger partial charge < -0.3 is 24.3 Å². The molecule has 0 amide bonds. The van der Waals surface area contributed by atoms with E-state index in [2.05, 4.69) is 25.7 Å². The Labute approximate surface area is 136 Å². The summed E-state index contributed by atoms with van der Waals surface area (Å²) >= 11 is 0. The van der Waals surface area contributed by atoms with Gasteiger partial charge in [0.2, 0.25) is 0 Å². The second-order valence-electron chi connectivity index (χ2n) is 5.28. The van der Waals surface area contributed by atoms with Crippen LogP contribution in [-0.2, 0) is 18.9 Å². The third-order valence-electron chi connectivity index (χ3n) is 3.23. The highest BCUT2D eigenvalue weighted by Crippen LogP contribution is 2.10. The Morgan fingerprint density at radius 3 is 1.86 bits per heavy atom. The smallest absolute Gasteiger partial charge is 0.0701 e. The van der Waals surface area contributed by atoms with E-state index in [1.54, 1.807) is 0 Å². The standard InChI is InChI=1S/C17H35NO4/c1-5-16(3)15-17(4)18-7-8-20-11-12-22-14-13-21-10-9-19-6-2/h16,18H,4-15H2,1-3H3. The molecule has 0 aromatic heterocycles. The van der Waals surface area contributed by atoms with Gasteiger partial charge in [-0.2, -0.15) is 0 Å². The minimum atomic E-state index is 0.597. The Kier molecular flexibility index (Phi) is 16.3. The van der Waals surface area contributed by atoms with Crippen LogP contribution in [0.5, 0.6) is 0 Å². The van der Waals surface area contributed by atoms with Crippen LogP contribution < -0.4 is 5.32 Å². The van der Waals surface area contributed by atoms with E-state index >= 15 is 0 Å². The van der Waals surface area contributed by atoms with E-state index in [0.717, 1.165) is 25.3 Å². The van der Waals surface area contributed by atoms with Crippen LogP contribution in [0, 0.1) is 5.92 Å². The Bertz CT molecular complexity index is 249. The molecule has 0 bridgehead atoms. The Morgan fingerprint density at radius 2 is 1.36 bits per heavy atom. The lowest BCUT2D eigenvalue weighted by Gasteiger charge is -2.13. The van der Waals surface area contributed by atoms with E-state index in [-0.39, 0.29) is 0 Å². The summed E-state index contributed by atoms with van der Waals surface area (Å²) in [5.41, 5.74) is 1.10. The fraction of sp³-hybridized carbons (Fsp3) is 0.882. The van der Waals surface area contributed by atoms with Gasteiger partial charge in [-0.1, -0.05) is 26.8 Å². The molecule has 0 saturated carbocycles. The number of ether oxygens (including phenoxy) is 4. The van der Waals surface area contributed by atoms with Crippen molar-refractivity contribution in [3.63, 3.8) is 0 Å². The summed E-state index contributed by atoms with van der Waals surface area (Å²) in [6, 6.07) is 0. The zero-order valence-electron chi connectivity index (χ0n) is 14.7. The molecule has 0 aliphatic heterocycles. The van der Waals surface area contributed by atoms with E-state index in [1.807, 2.05) is 6.92 Å². The minimum Gasteiger partial charge on any atom is -0.386 e.